The Labute approximate surface area is 150 Å². The Kier molecular flexibility index (Phi) is 3.87. The van der Waals surface area contributed by atoms with Gasteiger partial charge >= 0.3 is 6.03 Å². The predicted molar refractivity (Wildman–Crippen MR) is 96.0 cm³/mol. The van der Waals surface area contributed by atoms with Gasteiger partial charge in [-0.25, -0.2) is 17.6 Å². The van der Waals surface area contributed by atoms with Crippen LogP contribution in [0.25, 0.3) is 0 Å². The highest BCUT2D eigenvalue weighted by atomic mass is 32.2. The van der Waals surface area contributed by atoms with Crippen molar-refractivity contribution in [2.24, 2.45) is 0 Å². The number of anilines is 2. The molecule has 0 unspecified atom stereocenters. The van der Waals surface area contributed by atoms with Crippen molar-refractivity contribution in [3.63, 3.8) is 0 Å². The number of methoxy groups -OCH3 is 1. The fourth-order valence-corrected chi connectivity index (χ4v) is 5.59. The van der Waals surface area contributed by atoms with Gasteiger partial charge in [0.25, 0.3) is 0 Å². The molecule has 4 rings (SSSR count). The molecule has 2 atom stereocenters. The number of fused-ring (bicyclic) bond motifs is 1. The van der Waals surface area contributed by atoms with Crippen LogP contribution < -0.4 is 14.5 Å². The number of sulfone groups is 1. The Bertz CT molecular complexity index is 961. The van der Waals surface area contributed by atoms with E-state index in [1.807, 2.05) is 0 Å². The topological polar surface area (TPSA) is 66.9 Å². The van der Waals surface area contributed by atoms with Crippen LogP contribution in [0.1, 0.15) is 0 Å². The maximum absolute atomic E-state index is 13.3. The number of nitrogens with zero attached hydrogens (tertiary/aromatic N) is 2. The van der Waals surface area contributed by atoms with Crippen molar-refractivity contribution in [3.05, 3.63) is 54.3 Å². The summed E-state index contributed by atoms with van der Waals surface area (Å²) < 4.78 is 42.9. The molecule has 2 amide bonds. The van der Waals surface area contributed by atoms with Crippen molar-refractivity contribution in [3.8, 4) is 5.75 Å². The van der Waals surface area contributed by atoms with E-state index in [9.17, 15) is 17.6 Å². The number of carbonyl (C=O) groups is 1. The molecule has 2 fully saturated rings. The molecule has 6 nitrogen and oxygen atoms in total. The van der Waals surface area contributed by atoms with Crippen LogP contribution in [0.3, 0.4) is 0 Å². The van der Waals surface area contributed by atoms with Crippen LogP contribution in [-0.2, 0) is 9.84 Å². The second-order valence-corrected chi connectivity index (χ2v) is 8.57. The lowest BCUT2D eigenvalue weighted by molar-refractivity contribution is 0.255. The highest BCUT2D eigenvalue weighted by Crippen LogP contribution is 2.38. The average Bonchev–Trinajstić information content (AvgIpc) is 3.04. The minimum atomic E-state index is -3.28. The van der Waals surface area contributed by atoms with Crippen LogP contribution in [0.4, 0.5) is 20.6 Å². The third-order valence-corrected chi connectivity index (χ3v) is 6.50. The van der Waals surface area contributed by atoms with Crippen molar-refractivity contribution in [2.75, 3.05) is 28.4 Å². The highest BCUT2D eigenvalue weighted by molar-refractivity contribution is 7.91. The van der Waals surface area contributed by atoms with E-state index in [2.05, 4.69) is 0 Å². The molecule has 8 heteroatoms. The van der Waals surface area contributed by atoms with Gasteiger partial charge in [0.1, 0.15) is 11.6 Å². The lowest BCUT2D eigenvalue weighted by Crippen LogP contribution is -2.37. The van der Waals surface area contributed by atoms with Gasteiger partial charge in [-0.3, -0.25) is 9.80 Å². The van der Waals surface area contributed by atoms with Crippen LogP contribution in [0.2, 0.25) is 0 Å². The van der Waals surface area contributed by atoms with Crippen LogP contribution in [0.15, 0.2) is 48.5 Å². The summed E-state index contributed by atoms with van der Waals surface area (Å²) in [6.45, 7) is 0. The van der Waals surface area contributed by atoms with Gasteiger partial charge in [-0.15, -0.1) is 0 Å². The molecule has 2 saturated heterocycles. The number of hydrogen-bond donors (Lipinski definition) is 0. The number of urea groups is 1. The second-order valence-electron chi connectivity index (χ2n) is 6.41. The zero-order chi connectivity index (χ0) is 18.5. The van der Waals surface area contributed by atoms with Gasteiger partial charge in [-0.2, -0.15) is 0 Å². The minimum absolute atomic E-state index is 0.0989. The first kappa shape index (κ1) is 16.8. The van der Waals surface area contributed by atoms with E-state index in [0.29, 0.717) is 17.1 Å². The Hall–Kier alpha value is -2.61. The standard InChI is InChI=1S/C18H17FN2O4S/c1-25-15-4-2-3-14(9-15)21-17-11-26(23,24)10-16(17)20(18(21)22)13-7-5-12(19)6-8-13/h2-9,16-17H,10-11H2,1H3/t16-,17-/m1/s1. The van der Waals surface area contributed by atoms with Crippen molar-refractivity contribution in [1.82, 2.24) is 0 Å². The summed E-state index contributed by atoms with van der Waals surface area (Å²) in [4.78, 5) is 16.1. The largest absolute Gasteiger partial charge is 0.497 e. The molecular weight excluding hydrogens is 359 g/mol. The summed E-state index contributed by atoms with van der Waals surface area (Å²) in [5.41, 5.74) is 1.06. The number of hydrogen-bond acceptors (Lipinski definition) is 4. The zero-order valence-corrected chi connectivity index (χ0v) is 14.8. The third-order valence-electron chi connectivity index (χ3n) is 4.81. The average molecular weight is 376 g/mol. The number of carbonyl (C=O) groups excluding carboxylic acids is 1. The molecule has 0 saturated carbocycles. The molecule has 26 heavy (non-hydrogen) atoms. The lowest BCUT2D eigenvalue weighted by Gasteiger charge is -2.23. The van der Waals surface area contributed by atoms with Crippen LogP contribution in [0, 0.1) is 5.82 Å². The molecule has 0 aliphatic carbocycles. The van der Waals surface area contributed by atoms with Crippen molar-refractivity contribution in [2.45, 2.75) is 12.1 Å². The first-order valence-electron chi connectivity index (χ1n) is 8.12. The molecule has 2 aliphatic rings. The molecule has 2 heterocycles. The monoisotopic (exact) mass is 376 g/mol. The number of ether oxygens (including phenoxy) is 1. The number of benzene rings is 2. The Morgan fingerprint density at radius 3 is 2.23 bits per heavy atom. The summed E-state index contributed by atoms with van der Waals surface area (Å²) in [7, 11) is -1.75. The number of rotatable bonds is 3. The van der Waals surface area contributed by atoms with Gasteiger partial charge in [0.2, 0.25) is 0 Å². The molecule has 2 aromatic carbocycles. The van der Waals surface area contributed by atoms with Gasteiger partial charge in [0, 0.05) is 17.4 Å². The first-order chi connectivity index (χ1) is 12.4. The van der Waals surface area contributed by atoms with Crippen LogP contribution in [-0.4, -0.2) is 45.1 Å². The zero-order valence-electron chi connectivity index (χ0n) is 14.0. The van der Waals surface area contributed by atoms with E-state index in [-0.39, 0.29) is 17.5 Å². The van der Waals surface area contributed by atoms with E-state index in [1.54, 1.807) is 24.3 Å². The summed E-state index contributed by atoms with van der Waals surface area (Å²) in [5.74, 6) is -0.0480. The van der Waals surface area contributed by atoms with E-state index < -0.39 is 27.7 Å². The molecule has 0 radical (unpaired) electrons. The van der Waals surface area contributed by atoms with Gasteiger partial charge in [-0.05, 0) is 36.4 Å². The Morgan fingerprint density at radius 2 is 1.62 bits per heavy atom. The van der Waals surface area contributed by atoms with Gasteiger partial charge in [0.05, 0.1) is 30.7 Å². The van der Waals surface area contributed by atoms with E-state index in [0.717, 1.165) is 0 Å². The molecule has 2 aromatic rings. The second kappa shape index (κ2) is 5.98. The third kappa shape index (κ3) is 2.70. The van der Waals surface area contributed by atoms with Crippen LogP contribution >= 0.6 is 0 Å². The fraction of sp³-hybridized carbons (Fsp3) is 0.278. The normalized spacial score (nSPS) is 24.0. The SMILES string of the molecule is COc1cccc(N2C(=O)N(c3ccc(F)cc3)[C@@H]3CS(=O)(=O)C[C@H]32)c1. The van der Waals surface area contributed by atoms with Crippen molar-refractivity contribution in [1.29, 1.82) is 0 Å². The molecule has 0 spiro atoms. The smallest absolute Gasteiger partial charge is 0.329 e. The van der Waals surface area contributed by atoms with Crippen LogP contribution in [0.5, 0.6) is 5.75 Å². The fourth-order valence-electron chi connectivity index (χ4n) is 3.67. The predicted octanol–water partition coefficient (Wildman–Crippen LogP) is 2.45. The van der Waals surface area contributed by atoms with E-state index >= 15 is 0 Å². The first-order valence-corrected chi connectivity index (χ1v) is 9.94. The maximum atomic E-state index is 13.3. The molecule has 0 bridgehead atoms. The molecule has 2 aliphatic heterocycles. The quantitative estimate of drug-likeness (QED) is 0.772. The minimum Gasteiger partial charge on any atom is -0.497 e. The Balaban J connectivity index is 1.80. The number of amides is 2. The summed E-state index contributed by atoms with van der Waals surface area (Å²) in [6.07, 6.45) is 0. The van der Waals surface area contributed by atoms with Gasteiger partial charge in [0.15, 0.2) is 9.84 Å². The molecule has 136 valence electrons. The summed E-state index contributed by atoms with van der Waals surface area (Å²) in [6, 6.07) is 11.1. The van der Waals surface area contributed by atoms with Crippen molar-refractivity contribution >= 4 is 27.2 Å². The maximum Gasteiger partial charge on any atom is 0.329 e. The number of halogens is 1. The molecule has 0 N–H and O–H groups in total. The molecule has 0 aromatic heterocycles. The summed E-state index contributed by atoms with van der Waals surface area (Å²) in [5, 5.41) is 0. The molecular formula is C18H17FN2O4S. The summed E-state index contributed by atoms with van der Waals surface area (Å²) >= 11 is 0. The Morgan fingerprint density at radius 1 is 1.00 bits per heavy atom. The van der Waals surface area contributed by atoms with Crippen molar-refractivity contribution < 1.29 is 22.3 Å². The van der Waals surface area contributed by atoms with E-state index in [4.69, 9.17) is 4.74 Å². The van der Waals surface area contributed by atoms with E-state index in [1.165, 1.54) is 41.2 Å². The highest BCUT2D eigenvalue weighted by Gasteiger charge is 2.54. The van der Waals surface area contributed by atoms with Gasteiger partial charge in [-0.1, -0.05) is 6.07 Å². The van der Waals surface area contributed by atoms with Gasteiger partial charge < -0.3 is 4.74 Å². The lowest BCUT2D eigenvalue weighted by atomic mass is 10.1.